The zero-order chi connectivity index (χ0) is 16.9. The number of halogens is 1. The Kier molecular flexibility index (Phi) is 6.18. The molecule has 0 aliphatic rings. The predicted molar refractivity (Wildman–Crippen MR) is 94.1 cm³/mol. The lowest BCUT2D eigenvalue weighted by Crippen LogP contribution is -2.37. The van der Waals surface area contributed by atoms with Gasteiger partial charge in [-0.1, -0.05) is 54.1 Å². The third-order valence-electron chi connectivity index (χ3n) is 3.65. The number of benzene rings is 2. The summed E-state index contributed by atoms with van der Waals surface area (Å²) in [4.78, 5) is 0.140. The summed E-state index contributed by atoms with van der Waals surface area (Å²) < 4.78 is 27.2. The monoisotopic (exact) mass is 352 g/mol. The second kappa shape index (κ2) is 7.93. The highest BCUT2D eigenvalue weighted by Crippen LogP contribution is 2.27. The summed E-state index contributed by atoms with van der Waals surface area (Å²) in [5.41, 5.74) is 7.42. The number of aryl methyl sites for hydroxylation is 1. The lowest BCUT2D eigenvalue weighted by Gasteiger charge is -2.22. The van der Waals surface area contributed by atoms with E-state index in [-0.39, 0.29) is 23.0 Å². The van der Waals surface area contributed by atoms with Gasteiger partial charge in [0.1, 0.15) is 4.90 Å². The maximum Gasteiger partial charge on any atom is 0.244 e. The van der Waals surface area contributed by atoms with Crippen molar-refractivity contribution >= 4 is 21.6 Å². The van der Waals surface area contributed by atoms with E-state index in [4.69, 9.17) is 17.3 Å². The van der Waals surface area contributed by atoms with E-state index in [1.54, 1.807) is 19.1 Å². The molecule has 0 bridgehead atoms. The molecular formula is C17H21ClN2O2S. The van der Waals surface area contributed by atoms with Crippen molar-refractivity contribution in [3.63, 3.8) is 0 Å². The molecule has 23 heavy (non-hydrogen) atoms. The first-order chi connectivity index (χ1) is 11.0. The molecule has 0 aliphatic carbocycles. The molecule has 0 spiro atoms. The topological polar surface area (TPSA) is 63.4 Å². The minimum atomic E-state index is -3.67. The molecule has 0 amide bonds. The smallest absolute Gasteiger partial charge is 0.244 e. The highest BCUT2D eigenvalue weighted by molar-refractivity contribution is 7.89. The minimum Gasteiger partial charge on any atom is -0.329 e. The largest absolute Gasteiger partial charge is 0.329 e. The Morgan fingerprint density at radius 2 is 1.74 bits per heavy atom. The van der Waals surface area contributed by atoms with Crippen molar-refractivity contribution in [3.05, 3.63) is 64.7 Å². The summed E-state index contributed by atoms with van der Waals surface area (Å²) in [7, 11) is -3.67. The molecule has 0 saturated heterocycles. The van der Waals surface area contributed by atoms with E-state index in [1.165, 1.54) is 10.4 Å². The molecule has 0 aliphatic heterocycles. The number of rotatable bonds is 7. The van der Waals surface area contributed by atoms with Gasteiger partial charge >= 0.3 is 0 Å². The second-order valence-corrected chi connectivity index (χ2v) is 7.60. The zero-order valence-electron chi connectivity index (χ0n) is 13.1. The number of nitrogens with two attached hydrogens (primary N) is 1. The summed E-state index contributed by atoms with van der Waals surface area (Å²) in [6.07, 6.45) is 0.628. The van der Waals surface area contributed by atoms with E-state index in [9.17, 15) is 8.42 Å². The van der Waals surface area contributed by atoms with Crippen molar-refractivity contribution in [3.8, 4) is 0 Å². The zero-order valence-corrected chi connectivity index (χ0v) is 14.6. The standard InChI is InChI=1S/C17H21ClN2O2S/c1-14-6-5-9-16(17(14)18)23(21,22)20(13-11-19)12-10-15-7-3-2-4-8-15/h2-9H,10-13,19H2,1H3. The van der Waals surface area contributed by atoms with Gasteiger partial charge in [-0.15, -0.1) is 0 Å². The molecule has 6 heteroatoms. The molecule has 2 aromatic rings. The van der Waals surface area contributed by atoms with Crippen LogP contribution in [0.3, 0.4) is 0 Å². The third-order valence-corrected chi connectivity index (χ3v) is 6.20. The van der Waals surface area contributed by atoms with Crippen molar-refractivity contribution in [1.29, 1.82) is 0 Å². The Balaban J connectivity index is 2.26. The fraction of sp³-hybridized carbons (Fsp3) is 0.294. The fourth-order valence-electron chi connectivity index (χ4n) is 2.35. The normalized spacial score (nSPS) is 11.8. The van der Waals surface area contributed by atoms with E-state index in [0.717, 1.165) is 11.1 Å². The molecular weight excluding hydrogens is 332 g/mol. The van der Waals surface area contributed by atoms with Crippen LogP contribution in [0.5, 0.6) is 0 Å². The summed E-state index contributed by atoms with van der Waals surface area (Å²) in [5, 5.41) is 0.272. The average Bonchev–Trinajstić information content (AvgIpc) is 2.54. The maximum atomic E-state index is 12.9. The van der Waals surface area contributed by atoms with Crippen molar-refractivity contribution in [1.82, 2.24) is 4.31 Å². The van der Waals surface area contributed by atoms with Crippen LogP contribution in [-0.2, 0) is 16.4 Å². The Morgan fingerprint density at radius 3 is 2.39 bits per heavy atom. The molecule has 0 unspecified atom stereocenters. The Hall–Kier alpha value is -1.40. The first kappa shape index (κ1) is 17.9. The lowest BCUT2D eigenvalue weighted by atomic mass is 10.1. The first-order valence-corrected chi connectivity index (χ1v) is 9.28. The van der Waals surface area contributed by atoms with Crippen LogP contribution in [0.2, 0.25) is 5.02 Å². The summed E-state index contributed by atoms with van der Waals surface area (Å²) >= 11 is 6.20. The van der Waals surface area contributed by atoms with Crippen molar-refractivity contribution in [2.45, 2.75) is 18.2 Å². The maximum absolute atomic E-state index is 12.9. The van der Waals surface area contributed by atoms with Crippen LogP contribution in [0.15, 0.2) is 53.4 Å². The highest BCUT2D eigenvalue weighted by atomic mass is 35.5. The van der Waals surface area contributed by atoms with Crippen LogP contribution >= 0.6 is 11.6 Å². The number of nitrogens with zero attached hydrogens (tertiary/aromatic N) is 1. The van der Waals surface area contributed by atoms with Crippen molar-refractivity contribution in [2.75, 3.05) is 19.6 Å². The van der Waals surface area contributed by atoms with E-state index < -0.39 is 10.0 Å². The van der Waals surface area contributed by atoms with Crippen LogP contribution in [-0.4, -0.2) is 32.4 Å². The van der Waals surface area contributed by atoms with E-state index in [2.05, 4.69) is 0 Å². The number of hydrogen-bond donors (Lipinski definition) is 1. The van der Waals surface area contributed by atoms with E-state index >= 15 is 0 Å². The summed E-state index contributed by atoms with van der Waals surface area (Å²) in [5.74, 6) is 0. The van der Waals surface area contributed by atoms with Gasteiger partial charge in [0.15, 0.2) is 0 Å². The Bertz CT molecular complexity index is 748. The molecule has 2 rings (SSSR count). The molecule has 4 nitrogen and oxygen atoms in total. The van der Waals surface area contributed by atoms with Crippen molar-refractivity contribution in [2.24, 2.45) is 5.73 Å². The van der Waals surface area contributed by atoms with Gasteiger partial charge in [-0.3, -0.25) is 0 Å². The fourth-order valence-corrected chi connectivity index (χ4v) is 4.37. The van der Waals surface area contributed by atoms with Gasteiger partial charge in [0, 0.05) is 19.6 Å². The molecule has 0 atom stereocenters. The molecule has 2 aromatic carbocycles. The average molecular weight is 353 g/mol. The second-order valence-electron chi connectivity index (χ2n) is 5.32. The van der Waals surface area contributed by atoms with Gasteiger partial charge in [-0.2, -0.15) is 4.31 Å². The van der Waals surface area contributed by atoms with Crippen LogP contribution in [0.1, 0.15) is 11.1 Å². The molecule has 124 valence electrons. The molecule has 0 heterocycles. The minimum absolute atomic E-state index is 0.140. The molecule has 0 radical (unpaired) electrons. The van der Waals surface area contributed by atoms with E-state index in [0.29, 0.717) is 13.0 Å². The Morgan fingerprint density at radius 1 is 1.04 bits per heavy atom. The van der Waals surface area contributed by atoms with Crippen LogP contribution in [0.25, 0.3) is 0 Å². The van der Waals surface area contributed by atoms with Gasteiger partial charge in [-0.05, 0) is 30.5 Å². The first-order valence-electron chi connectivity index (χ1n) is 7.46. The summed E-state index contributed by atoms with van der Waals surface area (Å²) in [6, 6.07) is 14.8. The van der Waals surface area contributed by atoms with Crippen molar-refractivity contribution < 1.29 is 8.42 Å². The van der Waals surface area contributed by atoms with Crippen LogP contribution in [0.4, 0.5) is 0 Å². The molecule has 2 N–H and O–H groups in total. The number of sulfonamides is 1. The van der Waals surface area contributed by atoms with Crippen LogP contribution in [0, 0.1) is 6.92 Å². The molecule has 0 fully saturated rings. The predicted octanol–water partition coefficient (Wildman–Crippen LogP) is 2.84. The SMILES string of the molecule is Cc1cccc(S(=O)(=O)N(CCN)CCc2ccccc2)c1Cl. The quantitative estimate of drug-likeness (QED) is 0.833. The molecule has 0 aromatic heterocycles. The number of hydrogen-bond acceptors (Lipinski definition) is 3. The van der Waals surface area contributed by atoms with Gasteiger partial charge < -0.3 is 5.73 Å². The highest BCUT2D eigenvalue weighted by Gasteiger charge is 2.26. The van der Waals surface area contributed by atoms with Gasteiger partial charge in [-0.25, -0.2) is 8.42 Å². The van der Waals surface area contributed by atoms with E-state index in [1.807, 2.05) is 30.3 Å². The van der Waals surface area contributed by atoms with Gasteiger partial charge in [0.25, 0.3) is 0 Å². The Labute approximate surface area is 142 Å². The van der Waals surface area contributed by atoms with Gasteiger partial charge in [0.05, 0.1) is 5.02 Å². The molecule has 0 saturated carbocycles. The summed E-state index contributed by atoms with van der Waals surface area (Å²) in [6.45, 7) is 2.68. The third kappa shape index (κ3) is 4.32. The van der Waals surface area contributed by atoms with Crippen LogP contribution < -0.4 is 5.73 Å². The van der Waals surface area contributed by atoms with Gasteiger partial charge in [0.2, 0.25) is 10.0 Å². The lowest BCUT2D eigenvalue weighted by molar-refractivity contribution is 0.421.